The number of nitrogens with zero attached hydrogens (tertiary/aromatic N) is 1. The summed E-state index contributed by atoms with van der Waals surface area (Å²) in [7, 11) is 0. The summed E-state index contributed by atoms with van der Waals surface area (Å²) in [5, 5.41) is 10.1. The van der Waals surface area contributed by atoms with Gasteiger partial charge in [0.25, 0.3) is 0 Å². The maximum absolute atomic E-state index is 10.1. The van der Waals surface area contributed by atoms with E-state index in [-0.39, 0.29) is 11.9 Å². The average molecular weight is 534 g/mol. The smallest absolute Gasteiger partial charge is 0.150 e. The van der Waals surface area contributed by atoms with Crippen LogP contribution >= 0.6 is 15.9 Å². The molecule has 3 atom stereocenters. The maximum Gasteiger partial charge on any atom is 0.150 e. The quantitative estimate of drug-likeness (QED) is 0.360. The fourth-order valence-electron chi connectivity index (χ4n) is 5.13. The minimum absolute atomic E-state index is 0.232. The van der Waals surface area contributed by atoms with Crippen molar-refractivity contribution in [1.29, 1.82) is 0 Å². The zero-order valence-corrected chi connectivity index (χ0v) is 22.1. The predicted octanol–water partition coefficient (Wildman–Crippen LogP) is 7.33. The molecular formula is C30H32BrNO3. The Balaban J connectivity index is 1.41. The fourth-order valence-corrected chi connectivity index (χ4v) is 5.63. The molecule has 0 spiro atoms. The van der Waals surface area contributed by atoms with Gasteiger partial charge in [-0.05, 0) is 85.8 Å². The molecule has 2 aliphatic heterocycles. The summed E-state index contributed by atoms with van der Waals surface area (Å²) in [6.45, 7) is 9.66. The van der Waals surface area contributed by atoms with Crippen LogP contribution in [0, 0.1) is 5.92 Å². The third kappa shape index (κ3) is 4.98. The van der Waals surface area contributed by atoms with Crippen LogP contribution in [0.4, 0.5) is 0 Å². The topological polar surface area (TPSA) is 41.9 Å². The first-order valence-electron chi connectivity index (χ1n) is 12.3. The van der Waals surface area contributed by atoms with Gasteiger partial charge in [-0.15, -0.1) is 0 Å². The molecule has 1 fully saturated rings. The van der Waals surface area contributed by atoms with Crippen LogP contribution in [0.2, 0.25) is 0 Å². The van der Waals surface area contributed by atoms with Crippen molar-refractivity contribution >= 4 is 27.1 Å². The van der Waals surface area contributed by atoms with Crippen LogP contribution in [-0.2, 0) is 0 Å². The first-order chi connectivity index (χ1) is 16.9. The van der Waals surface area contributed by atoms with Crippen LogP contribution < -0.4 is 9.47 Å². The second-order valence-electron chi connectivity index (χ2n) is 9.81. The number of phenols is 1. The lowest BCUT2D eigenvalue weighted by molar-refractivity contribution is 0.169. The maximum atomic E-state index is 10.1. The number of allylic oxidation sites excluding steroid dienone is 1. The van der Waals surface area contributed by atoms with E-state index in [1.807, 2.05) is 36.4 Å². The van der Waals surface area contributed by atoms with E-state index in [4.69, 9.17) is 9.47 Å². The van der Waals surface area contributed by atoms with Gasteiger partial charge >= 0.3 is 0 Å². The van der Waals surface area contributed by atoms with Crippen molar-refractivity contribution in [3.05, 3.63) is 87.9 Å². The predicted molar refractivity (Wildman–Crippen MR) is 145 cm³/mol. The number of phenolic OH excluding ortho intramolecular Hbond substituents is 1. The largest absolute Gasteiger partial charge is 0.508 e. The first-order valence-corrected chi connectivity index (χ1v) is 13.1. The summed E-state index contributed by atoms with van der Waals surface area (Å²) >= 11 is 3.73. The van der Waals surface area contributed by atoms with E-state index < -0.39 is 0 Å². The number of ether oxygens (including phenoxy) is 2. The van der Waals surface area contributed by atoms with Crippen LogP contribution in [0.5, 0.6) is 17.2 Å². The van der Waals surface area contributed by atoms with Gasteiger partial charge in [-0.25, -0.2) is 0 Å². The Kier molecular flexibility index (Phi) is 6.90. The Hall–Kier alpha value is -2.76. The van der Waals surface area contributed by atoms with Crippen molar-refractivity contribution in [2.45, 2.75) is 39.3 Å². The molecule has 2 heterocycles. The summed E-state index contributed by atoms with van der Waals surface area (Å²) < 4.78 is 13.7. The van der Waals surface area contributed by atoms with Gasteiger partial charge in [0.2, 0.25) is 0 Å². The molecule has 0 aliphatic carbocycles. The van der Waals surface area contributed by atoms with Crippen LogP contribution in [0.25, 0.3) is 11.1 Å². The molecule has 2 aliphatic rings. The highest BCUT2D eigenvalue weighted by molar-refractivity contribution is 9.10. The molecule has 1 saturated heterocycles. The van der Waals surface area contributed by atoms with E-state index in [9.17, 15) is 5.11 Å². The lowest BCUT2D eigenvalue weighted by atomic mass is 9.86. The summed E-state index contributed by atoms with van der Waals surface area (Å²) in [6, 6.07) is 22.2. The minimum Gasteiger partial charge on any atom is -0.508 e. The van der Waals surface area contributed by atoms with Crippen molar-refractivity contribution in [1.82, 2.24) is 4.90 Å². The molecule has 0 aromatic heterocycles. The molecule has 5 rings (SSSR count). The zero-order valence-electron chi connectivity index (χ0n) is 20.5. The minimum atomic E-state index is -0.273. The second kappa shape index (κ2) is 10.1. The van der Waals surface area contributed by atoms with Crippen molar-refractivity contribution in [3.8, 4) is 17.2 Å². The number of rotatable bonds is 6. The van der Waals surface area contributed by atoms with Crippen LogP contribution in [-0.4, -0.2) is 35.7 Å². The number of likely N-dealkylation sites (tertiary alicyclic amines) is 1. The Labute approximate surface area is 216 Å². The van der Waals surface area contributed by atoms with Gasteiger partial charge in [0.1, 0.15) is 30.0 Å². The van der Waals surface area contributed by atoms with Crippen molar-refractivity contribution in [2.24, 2.45) is 5.92 Å². The summed E-state index contributed by atoms with van der Waals surface area (Å²) in [6.07, 6.45) is 1.00. The van der Waals surface area contributed by atoms with E-state index in [1.165, 1.54) is 6.42 Å². The Morgan fingerprint density at radius 2 is 1.86 bits per heavy atom. The van der Waals surface area contributed by atoms with E-state index in [2.05, 4.69) is 59.8 Å². The zero-order chi connectivity index (χ0) is 24.5. The molecule has 1 unspecified atom stereocenters. The lowest BCUT2D eigenvalue weighted by Gasteiger charge is -2.31. The van der Waals surface area contributed by atoms with Crippen LogP contribution in [0.15, 0.2) is 71.2 Å². The number of fused-ring (bicyclic) bond motifs is 1. The molecule has 35 heavy (non-hydrogen) atoms. The summed E-state index contributed by atoms with van der Waals surface area (Å²) in [5.41, 5.74) is 5.23. The third-order valence-corrected chi connectivity index (χ3v) is 7.89. The number of aromatic hydroxyl groups is 1. The second-order valence-corrected chi connectivity index (χ2v) is 10.7. The van der Waals surface area contributed by atoms with Crippen molar-refractivity contribution < 1.29 is 14.6 Å². The molecule has 0 bridgehead atoms. The Morgan fingerprint density at radius 3 is 2.57 bits per heavy atom. The van der Waals surface area contributed by atoms with E-state index in [0.29, 0.717) is 12.6 Å². The standard InChI is InChI=1S/C30H32BrNO3/c1-19-14-15-32(17-19)20(2)18-34-24-11-8-22(9-12-24)30-29(25-6-4-5-7-27(25)31)21(3)26-16-23(33)10-13-28(26)35-30/h4-13,16,19-20,30,33H,14-15,17-18H2,1-3H3/t19-,20+,30?/m1/s1. The van der Waals surface area contributed by atoms with E-state index >= 15 is 0 Å². The van der Waals surface area contributed by atoms with Gasteiger partial charge in [0.05, 0.1) is 0 Å². The van der Waals surface area contributed by atoms with Crippen molar-refractivity contribution in [2.75, 3.05) is 19.7 Å². The summed E-state index contributed by atoms with van der Waals surface area (Å²) in [5.74, 6) is 2.65. The average Bonchev–Trinajstić information content (AvgIpc) is 3.30. The van der Waals surface area contributed by atoms with Crippen LogP contribution in [0.3, 0.4) is 0 Å². The highest BCUT2D eigenvalue weighted by atomic mass is 79.9. The number of benzene rings is 3. The summed E-state index contributed by atoms with van der Waals surface area (Å²) in [4.78, 5) is 2.52. The van der Waals surface area contributed by atoms with Gasteiger partial charge in [-0.3, -0.25) is 4.90 Å². The van der Waals surface area contributed by atoms with Crippen LogP contribution in [0.1, 0.15) is 50.0 Å². The molecule has 0 radical (unpaired) electrons. The van der Waals surface area contributed by atoms with Gasteiger partial charge in [-0.1, -0.05) is 53.2 Å². The highest BCUT2D eigenvalue weighted by Gasteiger charge is 2.30. The number of halogens is 1. The SMILES string of the molecule is CC1=C(c2ccccc2Br)C(c2ccc(OC[C@H](C)N3CC[C@@H](C)C3)cc2)Oc2ccc(O)cc21. The fraction of sp³-hybridized carbons (Fsp3) is 0.333. The monoisotopic (exact) mass is 533 g/mol. The first kappa shape index (κ1) is 24.0. The van der Waals surface area contributed by atoms with E-state index in [0.717, 1.165) is 62.8 Å². The van der Waals surface area contributed by atoms with Gasteiger partial charge in [-0.2, -0.15) is 0 Å². The van der Waals surface area contributed by atoms with E-state index in [1.54, 1.807) is 12.1 Å². The highest BCUT2D eigenvalue weighted by Crippen LogP contribution is 2.48. The molecule has 182 valence electrons. The molecule has 1 N–H and O–H groups in total. The third-order valence-electron chi connectivity index (χ3n) is 7.19. The molecule has 5 heteroatoms. The number of hydrogen-bond donors (Lipinski definition) is 1. The molecule has 0 amide bonds. The molecule has 3 aromatic carbocycles. The lowest BCUT2D eigenvalue weighted by Crippen LogP contribution is -2.35. The molecule has 0 saturated carbocycles. The van der Waals surface area contributed by atoms with Crippen molar-refractivity contribution in [3.63, 3.8) is 0 Å². The van der Waals surface area contributed by atoms with Gasteiger partial charge in [0, 0.05) is 28.2 Å². The molecule has 4 nitrogen and oxygen atoms in total. The normalized spacial score (nSPS) is 20.9. The molecular weight excluding hydrogens is 502 g/mol. The van der Waals surface area contributed by atoms with Gasteiger partial charge < -0.3 is 14.6 Å². The van der Waals surface area contributed by atoms with Gasteiger partial charge in [0.15, 0.2) is 0 Å². The Morgan fingerprint density at radius 1 is 1.09 bits per heavy atom. The Bertz CT molecular complexity index is 1240. The molecule has 3 aromatic rings. The number of hydrogen-bond acceptors (Lipinski definition) is 4.